The lowest BCUT2D eigenvalue weighted by Gasteiger charge is -2.41. The summed E-state index contributed by atoms with van der Waals surface area (Å²) in [6.07, 6.45) is 7.20. The molecule has 0 aliphatic carbocycles. The Kier molecular flexibility index (Phi) is 7.67. The predicted octanol–water partition coefficient (Wildman–Crippen LogP) is 2.29. The minimum Gasteiger partial charge on any atom is -0.350 e. The summed E-state index contributed by atoms with van der Waals surface area (Å²) in [5.41, 5.74) is 0.914. The van der Waals surface area contributed by atoms with Gasteiger partial charge in [-0.25, -0.2) is 0 Å². The minimum atomic E-state index is 0.107. The molecular weight excluding hydrogens is 336 g/mol. The van der Waals surface area contributed by atoms with Crippen LogP contribution in [0.1, 0.15) is 44.7 Å². The van der Waals surface area contributed by atoms with Crippen LogP contribution in [0.2, 0.25) is 0 Å². The van der Waals surface area contributed by atoms with Crippen LogP contribution in [0.5, 0.6) is 0 Å². The molecule has 1 aromatic heterocycles. The van der Waals surface area contributed by atoms with E-state index in [0.717, 1.165) is 57.7 Å². The lowest BCUT2D eigenvalue weighted by atomic mass is 9.93. The SMILES string of the molecule is CCC#CCN1CCC(N2CCC[C@@H](C(=O)NCc3ccccn3)C2)CC1. The fraction of sp³-hybridized carbons (Fsp3) is 0.636. The summed E-state index contributed by atoms with van der Waals surface area (Å²) in [5, 5.41) is 3.08. The van der Waals surface area contributed by atoms with E-state index in [1.165, 1.54) is 12.8 Å². The molecule has 3 rings (SSSR count). The van der Waals surface area contributed by atoms with Crippen LogP contribution in [0.4, 0.5) is 0 Å². The molecule has 1 aromatic rings. The maximum absolute atomic E-state index is 12.6. The van der Waals surface area contributed by atoms with Crippen molar-refractivity contribution in [3.05, 3.63) is 30.1 Å². The van der Waals surface area contributed by atoms with Crippen molar-refractivity contribution in [3.8, 4) is 11.8 Å². The topological polar surface area (TPSA) is 48.5 Å². The van der Waals surface area contributed by atoms with Crippen molar-refractivity contribution in [2.45, 2.75) is 51.6 Å². The van der Waals surface area contributed by atoms with Gasteiger partial charge in [-0.2, -0.15) is 0 Å². The largest absolute Gasteiger partial charge is 0.350 e. The van der Waals surface area contributed by atoms with Gasteiger partial charge in [-0.15, -0.1) is 5.92 Å². The van der Waals surface area contributed by atoms with Crippen molar-refractivity contribution in [3.63, 3.8) is 0 Å². The first-order valence-corrected chi connectivity index (χ1v) is 10.4. The van der Waals surface area contributed by atoms with Crippen molar-refractivity contribution in [1.82, 2.24) is 20.1 Å². The number of piperidine rings is 2. The Morgan fingerprint density at radius 3 is 2.81 bits per heavy atom. The number of amides is 1. The molecule has 2 saturated heterocycles. The Bertz CT molecular complexity index is 643. The second-order valence-electron chi connectivity index (χ2n) is 7.59. The summed E-state index contributed by atoms with van der Waals surface area (Å²) >= 11 is 0. The zero-order valence-electron chi connectivity index (χ0n) is 16.5. The molecule has 3 heterocycles. The Balaban J connectivity index is 1.43. The van der Waals surface area contributed by atoms with E-state index in [4.69, 9.17) is 0 Å². The van der Waals surface area contributed by atoms with Gasteiger partial charge in [-0.1, -0.05) is 18.9 Å². The highest BCUT2D eigenvalue weighted by Crippen LogP contribution is 2.24. The summed E-state index contributed by atoms with van der Waals surface area (Å²) in [6, 6.07) is 6.42. The van der Waals surface area contributed by atoms with Crippen LogP contribution in [-0.2, 0) is 11.3 Å². The molecule has 5 heteroatoms. The van der Waals surface area contributed by atoms with Gasteiger partial charge in [0.05, 0.1) is 24.7 Å². The maximum Gasteiger partial charge on any atom is 0.224 e. The predicted molar refractivity (Wildman–Crippen MR) is 108 cm³/mol. The summed E-state index contributed by atoms with van der Waals surface area (Å²) in [4.78, 5) is 21.9. The van der Waals surface area contributed by atoms with Crippen molar-refractivity contribution >= 4 is 5.91 Å². The van der Waals surface area contributed by atoms with Gasteiger partial charge < -0.3 is 5.32 Å². The summed E-state index contributed by atoms with van der Waals surface area (Å²) in [6.45, 7) is 7.79. The molecule has 0 bridgehead atoms. The van der Waals surface area contributed by atoms with E-state index in [2.05, 4.69) is 38.9 Å². The smallest absolute Gasteiger partial charge is 0.224 e. The first kappa shape index (κ1) is 19.9. The summed E-state index contributed by atoms with van der Waals surface area (Å²) in [7, 11) is 0. The molecule has 27 heavy (non-hydrogen) atoms. The van der Waals surface area contributed by atoms with Crippen molar-refractivity contribution in [2.75, 3.05) is 32.7 Å². The third kappa shape index (κ3) is 6.05. The quantitative estimate of drug-likeness (QED) is 0.810. The zero-order valence-corrected chi connectivity index (χ0v) is 16.5. The van der Waals surface area contributed by atoms with Gasteiger partial charge in [0, 0.05) is 38.3 Å². The van der Waals surface area contributed by atoms with E-state index >= 15 is 0 Å². The zero-order chi connectivity index (χ0) is 18.9. The molecule has 146 valence electrons. The molecule has 0 radical (unpaired) electrons. The van der Waals surface area contributed by atoms with E-state index in [-0.39, 0.29) is 11.8 Å². The van der Waals surface area contributed by atoms with E-state index in [9.17, 15) is 4.79 Å². The molecule has 5 nitrogen and oxygen atoms in total. The van der Waals surface area contributed by atoms with Crippen molar-refractivity contribution in [2.24, 2.45) is 5.92 Å². The van der Waals surface area contributed by atoms with Crippen molar-refractivity contribution in [1.29, 1.82) is 0 Å². The van der Waals surface area contributed by atoms with E-state index in [1.807, 2.05) is 18.2 Å². The Hall–Kier alpha value is -1.90. The first-order valence-electron chi connectivity index (χ1n) is 10.4. The van der Waals surface area contributed by atoms with Gasteiger partial charge in [0.2, 0.25) is 5.91 Å². The molecule has 1 atom stereocenters. The Morgan fingerprint density at radius 2 is 2.07 bits per heavy atom. The summed E-state index contributed by atoms with van der Waals surface area (Å²) < 4.78 is 0. The van der Waals surface area contributed by atoms with E-state index < -0.39 is 0 Å². The third-order valence-electron chi connectivity index (χ3n) is 5.67. The van der Waals surface area contributed by atoms with Crippen LogP contribution < -0.4 is 5.32 Å². The number of aromatic nitrogens is 1. The molecule has 0 aromatic carbocycles. The van der Waals surface area contributed by atoms with Crippen molar-refractivity contribution < 1.29 is 4.79 Å². The number of likely N-dealkylation sites (tertiary alicyclic amines) is 2. The van der Waals surface area contributed by atoms with Crippen LogP contribution in [0.3, 0.4) is 0 Å². The van der Waals surface area contributed by atoms with Crippen LogP contribution in [0.25, 0.3) is 0 Å². The molecule has 0 unspecified atom stereocenters. The van der Waals surface area contributed by atoms with Gasteiger partial charge in [0.1, 0.15) is 0 Å². The maximum atomic E-state index is 12.6. The molecule has 2 fully saturated rings. The van der Waals surface area contributed by atoms with E-state index in [0.29, 0.717) is 12.6 Å². The fourth-order valence-corrected chi connectivity index (χ4v) is 4.11. The van der Waals surface area contributed by atoms with E-state index in [1.54, 1.807) is 6.20 Å². The Morgan fingerprint density at radius 1 is 1.22 bits per heavy atom. The van der Waals surface area contributed by atoms with Crippen LogP contribution in [-0.4, -0.2) is 59.5 Å². The average Bonchev–Trinajstić information content (AvgIpc) is 2.73. The minimum absolute atomic E-state index is 0.107. The van der Waals surface area contributed by atoms with Gasteiger partial charge >= 0.3 is 0 Å². The molecule has 0 spiro atoms. The molecular formula is C22H32N4O. The van der Waals surface area contributed by atoms with Crippen LogP contribution >= 0.6 is 0 Å². The lowest BCUT2D eigenvalue weighted by molar-refractivity contribution is -0.127. The molecule has 0 saturated carbocycles. The third-order valence-corrected chi connectivity index (χ3v) is 5.67. The molecule has 2 aliphatic rings. The number of carbonyl (C=O) groups is 1. The van der Waals surface area contributed by atoms with Crippen LogP contribution in [0.15, 0.2) is 24.4 Å². The number of hydrogen-bond acceptors (Lipinski definition) is 4. The normalized spacial score (nSPS) is 22.0. The van der Waals surface area contributed by atoms with Gasteiger partial charge in [-0.05, 0) is 44.4 Å². The fourth-order valence-electron chi connectivity index (χ4n) is 4.11. The Labute approximate surface area is 163 Å². The number of carbonyl (C=O) groups excluding carboxylic acids is 1. The number of pyridine rings is 1. The average molecular weight is 369 g/mol. The lowest BCUT2D eigenvalue weighted by Crippen LogP contribution is -2.50. The standard InChI is InChI=1S/C22H32N4O/c1-2-3-6-13-25-15-10-21(11-16-25)26-14-7-8-19(18-26)22(27)24-17-20-9-4-5-12-23-20/h4-5,9,12,19,21H,2,7-8,10-11,13-18H2,1H3,(H,24,27)/t19-/m1/s1. The highest BCUT2D eigenvalue weighted by molar-refractivity contribution is 5.78. The second kappa shape index (κ2) is 10.4. The highest BCUT2D eigenvalue weighted by atomic mass is 16.1. The number of nitrogens with one attached hydrogen (secondary N) is 1. The van der Waals surface area contributed by atoms with Gasteiger partial charge in [0.25, 0.3) is 0 Å². The number of hydrogen-bond donors (Lipinski definition) is 1. The van der Waals surface area contributed by atoms with Gasteiger partial charge in [0.15, 0.2) is 0 Å². The first-order chi connectivity index (χ1) is 13.3. The molecule has 1 amide bonds. The van der Waals surface area contributed by atoms with Gasteiger partial charge in [-0.3, -0.25) is 19.6 Å². The highest BCUT2D eigenvalue weighted by Gasteiger charge is 2.31. The molecule has 2 aliphatic heterocycles. The second-order valence-corrected chi connectivity index (χ2v) is 7.59. The number of nitrogens with zero attached hydrogens (tertiary/aromatic N) is 3. The summed E-state index contributed by atoms with van der Waals surface area (Å²) in [5.74, 6) is 6.70. The monoisotopic (exact) mass is 368 g/mol. The molecule has 1 N–H and O–H groups in total. The number of rotatable bonds is 5. The van der Waals surface area contributed by atoms with Crippen LogP contribution in [0, 0.1) is 17.8 Å².